The molecule has 0 aliphatic rings. The van der Waals surface area contributed by atoms with Crippen LogP contribution in [0.4, 0.5) is 5.69 Å². The lowest BCUT2D eigenvalue weighted by molar-refractivity contribution is 0.109. The third kappa shape index (κ3) is 2.87. The molecule has 0 aliphatic heterocycles. The molecule has 0 bridgehead atoms. The second-order valence-corrected chi connectivity index (χ2v) is 3.04. The summed E-state index contributed by atoms with van der Waals surface area (Å²) < 4.78 is 0. The standard InChI is InChI=1S/C11H16N2O/c1-4-5-10-8-11(13-14-12-3)7-6-9(10)2/h4,6-8,12-13H,1,5H2,2-3H3. The largest absolute Gasteiger partial charge is 0.248 e. The summed E-state index contributed by atoms with van der Waals surface area (Å²) in [5.74, 6) is 0. The van der Waals surface area contributed by atoms with Crippen LogP contribution in [-0.4, -0.2) is 7.05 Å². The van der Waals surface area contributed by atoms with Gasteiger partial charge in [-0.3, -0.25) is 0 Å². The van der Waals surface area contributed by atoms with Gasteiger partial charge in [0.05, 0.1) is 5.69 Å². The third-order valence-electron chi connectivity index (χ3n) is 1.98. The van der Waals surface area contributed by atoms with E-state index in [0.29, 0.717) is 0 Å². The number of rotatable bonds is 5. The molecule has 1 rings (SSSR count). The molecule has 3 heteroatoms. The molecule has 0 heterocycles. The van der Waals surface area contributed by atoms with E-state index in [0.717, 1.165) is 12.1 Å². The van der Waals surface area contributed by atoms with Gasteiger partial charge >= 0.3 is 0 Å². The van der Waals surface area contributed by atoms with Crippen LogP contribution in [0.1, 0.15) is 11.1 Å². The zero-order valence-electron chi connectivity index (χ0n) is 8.63. The Hall–Kier alpha value is -1.32. The fraction of sp³-hybridized carbons (Fsp3) is 0.273. The van der Waals surface area contributed by atoms with E-state index in [1.54, 1.807) is 7.05 Å². The van der Waals surface area contributed by atoms with Crippen LogP contribution in [0.5, 0.6) is 0 Å². The number of hydrogen-bond donors (Lipinski definition) is 2. The van der Waals surface area contributed by atoms with Gasteiger partial charge in [-0.15, -0.1) is 6.58 Å². The van der Waals surface area contributed by atoms with E-state index in [9.17, 15) is 0 Å². The Kier molecular flexibility index (Phi) is 4.16. The minimum absolute atomic E-state index is 0.876. The van der Waals surface area contributed by atoms with Gasteiger partial charge in [0.1, 0.15) is 0 Å². The monoisotopic (exact) mass is 192 g/mol. The summed E-state index contributed by atoms with van der Waals surface area (Å²) in [6.45, 7) is 5.81. The lowest BCUT2D eigenvalue weighted by atomic mass is 10.1. The van der Waals surface area contributed by atoms with E-state index in [2.05, 4.69) is 30.5 Å². The number of allylic oxidation sites excluding steroid dienone is 1. The van der Waals surface area contributed by atoms with Gasteiger partial charge in [-0.2, -0.15) is 10.4 Å². The first-order chi connectivity index (χ1) is 6.77. The van der Waals surface area contributed by atoms with E-state index in [1.165, 1.54) is 11.1 Å². The molecular formula is C11H16N2O. The highest BCUT2D eigenvalue weighted by molar-refractivity contribution is 5.47. The van der Waals surface area contributed by atoms with Gasteiger partial charge in [0.25, 0.3) is 0 Å². The molecule has 76 valence electrons. The van der Waals surface area contributed by atoms with Crippen molar-refractivity contribution in [2.24, 2.45) is 0 Å². The second kappa shape index (κ2) is 5.42. The summed E-state index contributed by atoms with van der Waals surface area (Å²) in [5.41, 5.74) is 8.78. The first-order valence-electron chi connectivity index (χ1n) is 4.57. The first-order valence-corrected chi connectivity index (χ1v) is 4.57. The molecule has 0 saturated heterocycles. The van der Waals surface area contributed by atoms with Crippen LogP contribution in [0.25, 0.3) is 0 Å². The van der Waals surface area contributed by atoms with Gasteiger partial charge in [0.15, 0.2) is 0 Å². The molecule has 1 aromatic carbocycles. The fourth-order valence-electron chi connectivity index (χ4n) is 1.22. The van der Waals surface area contributed by atoms with Crippen LogP contribution in [0.3, 0.4) is 0 Å². The van der Waals surface area contributed by atoms with Crippen LogP contribution in [0, 0.1) is 6.92 Å². The number of benzene rings is 1. The summed E-state index contributed by atoms with van der Waals surface area (Å²) in [5, 5.41) is 0. The molecular weight excluding hydrogens is 176 g/mol. The molecule has 0 radical (unpaired) electrons. The average molecular weight is 192 g/mol. The highest BCUT2D eigenvalue weighted by Crippen LogP contribution is 2.15. The highest BCUT2D eigenvalue weighted by atomic mass is 16.8. The van der Waals surface area contributed by atoms with E-state index in [1.807, 2.05) is 18.2 Å². The first kappa shape index (κ1) is 10.8. The number of nitrogens with one attached hydrogen (secondary N) is 2. The lowest BCUT2D eigenvalue weighted by Gasteiger charge is -2.08. The number of hydroxylamine groups is 1. The molecule has 0 saturated carbocycles. The molecule has 3 nitrogen and oxygen atoms in total. The zero-order chi connectivity index (χ0) is 10.4. The van der Waals surface area contributed by atoms with Crippen molar-refractivity contribution in [3.8, 4) is 0 Å². The molecule has 0 amide bonds. The molecule has 0 aromatic heterocycles. The minimum atomic E-state index is 0.876. The smallest absolute Gasteiger partial charge is 0.0626 e. The van der Waals surface area contributed by atoms with E-state index in [-0.39, 0.29) is 0 Å². The van der Waals surface area contributed by atoms with Crippen molar-refractivity contribution in [2.75, 3.05) is 12.5 Å². The predicted octanol–water partition coefficient (Wildman–Crippen LogP) is 2.20. The topological polar surface area (TPSA) is 33.3 Å². The Morgan fingerprint density at radius 1 is 1.50 bits per heavy atom. The Bertz CT molecular complexity index is 310. The molecule has 0 atom stereocenters. The van der Waals surface area contributed by atoms with E-state index in [4.69, 9.17) is 4.94 Å². The van der Waals surface area contributed by atoms with E-state index >= 15 is 0 Å². The van der Waals surface area contributed by atoms with Crippen LogP contribution < -0.4 is 11.0 Å². The fourth-order valence-corrected chi connectivity index (χ4v) is 1.22. The Balaban J connectivity index is 2.77. The predicted molar refractivity (Wildman–Crippen MR) is 58.8 cm³/mol. The maximum Gasteiger partial charge on any atom is 0.0626 e. The van der Waals surface area contributed by atoms with Crippen molar-refractivity contribution < 1.29 is 4.94 Å². The van der Waals surface area contributed by atoms with E-state index < -0.39 is 0 Å². The molecule has 14 heavy (non-hydrogen) atoms. The summed E-state index contributed by atoms with van der Waals surface area (Å²) >= 11 is 0. The molecule has 0 fully saturated rings. The summed E-state index contributed by atoms with van der Waals surface area (Å²) in [6.07, 6.45) is 2.77. The van der Waals surface area contributed by atoms with Gasteiger partial charge < -0.3 is 0 Å². The Morgan fingerprint density at radius 3 is 2.93 bits per heavy atom. The van der Waals surface area contributed by atoms with Crippen molar-refractivity contribution >= 4 is 5.69 Å². The minimum Gasteiger partial charge on any atom is -0.248 e. The van der Waals surface area contributed by atoms with Crippen molar-refractivity contribution in [1.29, 1.82) is 0 Å². The molecule has 0 spiro atoms. The SMILES string of the molecule is C=CCc1cc(NONC)ccc1C. The number of aryl methyl sites for hydroxylation is 1. The number of hydrogen-bond acceptors (Lipinski definition) is 3. The third-order valence-corrected chi connectivity index (χ3v) is 1.98. The van der Waals surface area contributed by atoms with Gasteiger partial charge in [0, 0.05) is 7.05 Å². The van der Waals surface area contributed by atoms with Gasteiger partial charge in [-0.1, -0.05) is 12.1 Å². The van der Waals surface area contributed by atoms with Crippen molar-refractivity contribution in [1.82, 2.24) is 5.48 Å². The molecule has 1 aromatic rings. The molecule has 2 N–H and O–H groups in total. The molecule has 0 aliphatic carbocycles. The van der Waals surface area contributed by atoms with Crippen molar-refractivity contribution in [3.05, 3.63) is 42.0 Å². The van der Waals surface area contributed by atoms with Crippen LogP contribution in [0.15, 0.2) is 30.9 Å². The second-order valence-electron chi connectivity index (χ2n) is 3.04. The van der Waals surface area contributed by atoms with Gasteiger partial charge in [-0.25, -0.2) is 5.48 Å². The normalized spacial score (nSPS) is 9.86. The van der Waals surface area contributed by atoms with Crippen molar-refractivity contribution in [3.63, 3.8) is 0 Å². The Labute approximate surface area is 84.7 Å². The van der Waals surface area contributed by atoms with Crippen molar-refractivity contribution in [2.45, 2.75) is 13.3 Å². The quantitative estimate of drug-likeness (QED) is 0.554. The average Bonchev–Trinajstić information content (AvgIpc) is 2.19. The maximum absolute atomic E-state index is 4.87. The van der Waals surface area contributed by atoms with Gasteiger partial charge in [-0.05, 0) is 36.6 Å². The van der Waals surface area contributed by atoms with Gasteiger partial charge in [0.2, 0.25) is 0 Å². The van der Waals surface area contributed by atoms with Crippen LogP contribution in [-0.2, 0) is 11.4 Å². The zero-order valence-corrected chi connectivity index (χ0v) is 8.63. The Morgan fingerprint density at radius 2 is 2.29 bits per heavy atom. The summed E-state index contributed by atoms with van der Waals surface area (Å²) in [6, 6.07) is 6.08. The summed E-state index contributed by atoms with van der Waals surface area (Å²) in [7, 11) is 1.70. The van der Waals surface area contributed by atoms with Crippen LogP contribution >= 0.6 is 0 Å². The highest BCUT2D eigenvalue weighted by Gasteiger charge is 1.98. The van der Waals surface area contributed by atoms with Crippen LogP contribution in [0.2, 0.25) is 0 Å². The number of anilines is 1. The lowest BCUT2D eigenvalue weighted by Crippen LogP contribution is -2.13. The maximum atomic E-state index is 4.87. The molecule has 0 unspecified atom stereocenters. The summed E-state index contributed by atoms with van der Waals surface area (Å²) in [4.78, 5) is 4.87.